The van der Waals surface area contributed by atoms with Crippen LogP contribution in [0.3, 0.4) is 0 Å². The number of aliphatic hydroxyl groups is 1. The van der Waals surface area contributed by atoms with Crippen molar-refractivity contribution in [3.8, 4) is 5.75 Å². The Morgan fingerprint density at radius 3 is 2.70 bits per heavy atom. The molecule has 0 fully saturated rings. The van der Waals surface area contributed by atoms with Crippen molar-refractivity contribution in [3.05, 3.63) is 29.8 Å². The van der Waals surface area contributed by atoms with Crippen molar-refractivity contribution in [1.82, 2.24) is 0 Å². The van der Waals surface area contributed by atoms with E-state index in [0.717, 1.165) is 30.6 Å². The zero-order valence-corrected chi connectivity index (χ0v) is 12.3. The minimum atomic E-state index is -0.532. The molecule has 0 heterocycles. The van der Waals surface area contributed by atoms with Gasteiger partial charge in [0, 0.05) is 12.0 Å². The Bertz CT molecular complexity index is 401. The van der Waals surface area contributed by atoms with Gasteiger partial charge in [-0.2, -0.15) is 0 Å². The molecule has 0 amide bonds. The maximum absolute atomic E-state index is 11.1. The Hall–Kier alpha value is -1.55. The molecule has 1 rings (SSSR count). The first-order valence-corrected chi connectivity index (χ1v) is 7.20. The third-order valence-electron chi connectivity index (χ3n) is 2.96. The summed E-state index contributed by atoms with van der Waals surface area (Å²) < 4.78 is 10.5. The highest BCUT2D eigenvalue weighted by Crippen LogP contribution is 2.24. The van der Waals surface area contributed by atoms with Crippen molar-refractivity contribution in [2.45, 2.75) is 45.6 Å². The molecule has 0 aliphatic heterocycles. The van der Waals surface area contributed by atoms with Gasteiger partial charge >= 0.3 is 5.97 Å². The van der Waals surface area contributed by atoms with Crippen LogP contribution in [0.25, 0.3) is 0 Å². The molecule has 4 nitrogen and oxygen atoms in total. The first kappa shape index (κ1) is 16.5. The second kappa shape index (κ2) is 9.37. The summed E-state index contributed by atoms with van der Waals surface area (Å²) >= 11 is 0. The number of para-hydroxylation sites is 1. The molecule has 112 valence electrons. The maximum atomic E-state index is 11.1. The van der Waals surface area contributed by atoms with E-state index in [4.69, 9.17) is 9.47 Å². The Kier molecular flexibility index (Phi) is 7.73. The van der Waals surface area contributed by atoms with Crippen molar-refractivity contribution in [2.24, 2.45) is 0 Å². The van der Waals surface area contributed by atoms with Gasteiger partial charge in [0.2, 0.25) is 0 Å². The van der Waals surface area contributed by atoms with E-state index in [1.165, 1.54) is 0 Å². The van der Waals surface area contributed by atoms with E-state index >= 15 is 0 Å². The van der Waals surface area contributed by atoms with E-state index in [1.54, 1.807) is 6.92 Å². The Labute approximate surface area is 120 Å². The second-order valence-corrected chi connectivity index (χ2v) is 4.68. The smallest absolute Gasteiger partial charge is 0.305 e. The van der Waals surface area contributed by atoms with E-state index < -0.39 is 6.10 Å². The van der Waals surface area contributed by atoms with E-state index in [-0.39, 0.29) is 5.97 Å². The first-order chi connectivity index (χ1) is 9.65. The topological polar surface area (TPSA) is 55.8 Å². The number of esters is 1. The van der Waals surface area contributed by atoms with Gasteiger partial charge in [0.15, 0.2) is 0 Å². The van der Waals surface area contributed by atoms with Gasteiger partial charge in [-0.15, -0.1) is 0 Å². The van der Waals surface area contributed by atoms with Crippen molar-refractivity contribution in [3.63, 3.8) is 0 Å². The summed E-state index contributed by atoms with van der Waals surface area (Å²) in [4.78, 5) is 11.1. The second-order valence-electron chi connectivity index (χ2n) is 4.68. The summed E-state index contributed by atoms with van der Waals surface area (Å²) in [6.07, 6.45) is 2.57. The molecule has 0 saturated heterocycles. The van der Waals surface area contributed by atoms with Crippen molar-refractivity contribution >= 4 is 5.97 Å². The molecule has 0 saturated carbocycles. The fraction of sp³-hybridized carbons (Fsp3) is 0.562. The SMILES string of the molecule is CCOC(=O)CCCCCOc1ccccc1[C@@H](C)O. The summed E-state index contributed by atoms with van der Waals surface area (Å²) in [5.74, 6) is 0.598. The molecule has 1 aromatic rings. The Balaban J connectivity index is 2.20. The average Bonchev–Trinajstić information content (AvgIpc) is 2.43. The molecule has 1 aromatic carbocycles. The number of unbranched alkanes of at least 4 members (excludes halogenated alkanes) is 2. The minimum absolute atomic E-state index is 0.132. The zero-order valence-electron chi connectivity index (χ0n) is 12.3. The van der Waals surface area contributed by atoms with E-state index in [1.807, 2.05) is 31.2 Å². The summed E-state index contributed by atoms with van der Waals surface area (Å²) in [6.45, 7) is 4.57. The summed E-state index contributed by atoms with van der Waals surface area (Å²) in [6, 6.07) is 7.50. The van der Waals surface area contributed by atoms with Crippen molar-refractivity contribution < 1.29 is 19.4 Å². The molecule has 20 heavy (non-hydrogen) atoms. The van der Waals surface area contributed by atoms with Crippen LogP contribution in [0.5, 0.6) is 5.75 Å². The molecule has 0 radical (unpaired) electrons. The average molecular weight is 280 g/mol. The van der Waals surface area contributed by atoms with Gasteiger partial charge < -0.3 is 14.6 Å². The summed E-state index contributed by atoms with van der Waals surface area (Å²) in [5.41, 5.74) is 0.805. The number of carbonyl (C=O) groups excluding carboxylic acids is 1. The van der Waals surface area contributed by atoms with Crippen LogP contribution in [0.15, 0.2) is 24.3 Å². The molecule has 0 aliphatic rings. The third-order valence-corrected chi connectivity index (χ3v) is 2.96. The van der Waals surface area contributed by atoms with Crippen molar-refractivity contribution in [1.29, 1.82) is 0 Å². The lowest BCUT2D eigenvalue weighted by Crippen LogP contribution is -2.05. The monoisotopic (exact) mass is 280 g/mol. The number of carbonyl (C=O) groups is 1. The summed E-state index contributed by atoms with van der Waals surface area (Å²) in [7, 11) is 0. The lowest BCUT2D eigenvalue weighted by atomic mass is 10.1. The molecule has 0 bridgehead atoms. The highest BCUT2D eigenvalue weighted by molar-refractivity contribution is 5.69. The molecule has 1 N–H and O–H groups in total. The molecular formula is C16H24O4. The molecule has 0 aliphatic carbocycles. The largest absolute Gasteiger partial charge is 0.493 e. The van der Waals surface area contributed by atoms with Crippen LogP contribution >= 0.6 is 0 Å². The maximum Gasteiger partial charge on any atom is 0.305 e. The van der Waals surface area contributed by atoms with Crippen LogP contribution in [-0.4, -0.2) is 24.3 Å². The van der Waals surface area contributed by atoms with E-state index in [0.29, 0.717) is 19.6 Å². The fourth-order valence-electron chi connectivity index (χ4n) is 1.92. The van der Waals surface area contributed by atoms with Gasteiger partial charge in [0.1, 0.15) is 5.75 Å². The van der Waals surface area contributed by atoms with Gasteiger partial charge in [-0.05, 0) is 39.2 Å². The number of hydrogen-bond donors (Lipinski definition) is 1. The zero-order chi connectivity index (χ0) is 14.8. The van der Waals surface area contributed by atoms with Crippen LogP contribution < -0.4 is 4.74 Å². The number of aliphatic hydroxyl groups excluding tert-OH is 1. The molecule has 0 spiro atoms. The van der Waals surface area contributed by atoms with Crippen LogP contribution in [0.1, 0.15) is 51.2 Å². The molecule has 1 atom stereocenters. The van der Waals surface area contributed by atoms with E-state index in [2.05, 4.69) is 0 Å². The van der Waals surface area contributed by atoms with Gasteiger partial charge in [-0.1, -0.05) is 18.2 Å². The lowest BCUT2D eigenvalue weighted by molar-refractivity contribution is -0.143. The number of rotatable bonds is 9. The van der Waals surface area contributed by atoms with Crippen molar-refractivity contribution in [2.75, 3.05) is 13.2 Å². The van der Waals surface area contributed by atoms with Gasteiger partial charge in [0.05, 0.1) is 19.3 Å². The number of ether oxygens (including phenoxy) is 2. The first-order valence-electron chi connectivity index (χ1n) is 7.20. The Morgan fingerprint density at radius 2 is 2.00 bits per heavy atom. The van der Waals surface area contributed by atoms with Gasteiger partial charge in [-0.3, -0.25) is 4.79 Å². The van der Waals surface area contributed by atoms with Crippen LogP contribution in [-0.2, 0) is 9.53 Å². The van der Waals surface area contributed by atoms with Gasteiger partial charge in [0.25, 0.3) is 0 Å². The molecule has 0 unspecified atom stereocenters. The molecule has 0 aromatic heterocycles. The number of hydrogen-bond acceptors (Lipinski definition) is 4. The predicted molar refractivity (Wildman–Crippen MR) is 77.7 cm³/mol. The van der Waals surface area contributed by atoms with Gasteiger partial charge in [-0.25, -0.2) is 0 Å². The summed E-state index contributed by atoms with van der Waals surface area (Å²) in [5, 5.41) is 9.63. The van der Waals surface area contributed by atoms with Crippen LogP contribution in [0.4, 0.5) is 0 Å². The predicted octanol–water partition coefficient (Wildman–Crippen LogP) is 3.24. The lowest BCUT2D eigenvalue weighted by Gasteiger charge is -2.13. The fourth-order valence-corrected chi connectivity index (χ4v) is 1.92. The van der Waals surface area contributed by atoms with Crippen LogP contribution in [0.2, 0.25) is 0 Å². The molecular weight excluding hydrogens is 256 g/mol. The Morgan fingerprint density at radius 1 is 1.25 bits per heavy atom. The standard InChI is InChI=1S/C16H24O4/c1-3-19-16(18)11-5-4-8-12-20-15-10-7-6-9-14(15)13(2)17/h6-7,9-10,13,17H,3-5,8,11-12H2,1-2H3/t13-/m1/s1. The quantitative estimate of drug-likeness (QED) is 0.557. The third kappa shape index (κ3) is 6.06. The van der Waals surface area contributed by atoms with Crippen LogP contribution in [0, 0.1) is 0 Å². The highest BCUT2D eigenvalue weighted by atomic mass is 16.5. The normalized spacial score (nSPS) is 11.9. The minimum Gasteiger partial charge on any atom is -0.493 e. The van der Waals surface area contributed by atoms with E-state index in [9.17, 15) is 9.90 Å². The molecule has 4 heteroatoms. The highest BCUT2D eigenvalue weighted by Gasteiger charge is 2.07. The number of benzene rings is 1.